The molecule has 2 heterocycles. The summed E-state index contributed by atoms with van der Waals surface area (Å²) in [6.45, 7) is 4.08. The first-order valence-corrected chi connectivity index (χ1v) is 13.3. The fourth-order valence-electron chi connectivity index (χ4n) is 5.22. The summed E-state index contributed by atoms with van der Waals surface area (Å²) in [4.78, 5) is 41.0. The molecule has 5 rings (SSSR count). The van der Waals surface area contributed by atoms with E-state index in [1.54, 1.807) is 0 Å². The molecule has 6 nitrogen and oxygen atoms in total. The van der Waals surface area contributed by atoms with Crippen LogP contribution in [0.3, 0.4) is 0 Å². The maximum Gasteiger partial charge on any atom is 0.334 e. The molecule has 0 bridgehead atoms. The maximum absolute atomic E-state index is 13.5. The maximum atomic E-state index is 13.5. The van der Waals surface area contributed by atoms with Crippen molar-refractivity contribution in [2.45, 2.75) is 55.7 Å². The lowest BCUT2D eigenvalue weighted by Crippen LogP contribution is -2.75. The molecule has 182 valence electrons. The van der Waals surface area contributed by atoms with Crippen LogP contribution < -0.4 is 5.32 Å². The first kappa shape index (κ1) is 23.7. The van der Waals surface area contributed by atoms with Crippen molar-refractivity contribution in [3.8, 4) is 0 Å². The molecular formula is C28H30N2O4S. The molecule has 2 saturated heterocycles. The van der Waals surface area contributed by atoms with Gasteiger partial charge in [0.2, 0.25) is 11.8 Å². The fourth-order valence-corrected chi connectivity index (χ4v) is 6.52. The van der Waals surface area contributed by atoms with Gasteiger partial charge in [0.25, 0.3) is 0 Å². The highest BCUT2D eigenvalue weighted by molar-refractivity contribution is 8.00. The number of hydrogen-bond acceptors (Lipinski definition) is 5. The summed E-state index contributed by atoms with van der Waals surface area (Å²) in [5, 5.41) is 2.68. The molecule has 35 heavy (non-hydrogen) atoms. The van der Waals surface area contributed by atoms with Gasteiger partial charge >= 0.3 is 5.97 Å². The summed E-state index contributed by atoms with van der Waals surface area (Å²) >= 11 is 1.54. The molecule has 0 radical (unpaired) electrons. The van der Waals surface area contributed by atoms with Crippen molar-refractivity contribution in [1.82, 2.24) is 10.2 Å². The number of carbonyl (C=O) groups excluding carboxylic acids is 3. The van der Waals surface area contributed by atoms with Crippen LogP contribution in [-0.4, -0.2) is 45.9 Å². The summed E-state index contributed by atoms with van der Waals surface area (Å²) in [5.41, 5.74) is 2.35. The monoisotopic (exact) mass is 490 g/mol. The molecule has 2 aliphatic heterocycles. The van der Waals surface area contributed by atoms with E-state index in [9.17, 15) is 14.4 Å². The molecular weight excluding hydrogens is 460 g/mol. The third-order valence-corrected chi connectivity index (χ3v) is 8.50. The van der Waals surface area contributed by atoms with Crippen molar-refractivity contribution in [2.75, 3.05) is 5.75 Å². The van der Waals surface area contributed by atoms with Gasteiger partial charge in [0, 0.05) is 11.7 Å². The molecule has 2 unspecified atom stereocenters. The van der Waals surface area contributed by atoms with E-state index in [4.69, 9.17) is 4.74 Å². The van der Waals surface area contributed by atoms with E-state index in [0.717, 1.165) is 43.2 Å². The smallest absolute Gasteiger partial charge is 0.334 e. The van der Waals surface area contributed by atoms with Crippen molar-refractivity contribution < 1.29 is 19.1 Å². The van der Waals surface area contributed by atoms with Crippen LogP contribution >= 0.6 is 11.8 Å². The summed E-state index contributed by atoms with van der Waals surface area (Å²) in [6.07, 6.45) is 4.43. The van der Waals surface area contributed by atoms with Gasteiger partial charge < -0.3 is 15.0 Å². The zero-order valence-corrected chi connectivity index (χ0v) is 20.4. The van der Waals surface area contributed by atoms with Gasteiger partial charge in [0.1, 0.15) is 11.4 Å². The molecule has 3 aliphatic rings. The van der Waals surface area contributed by atoms with E-state index in [1.165, 1.54) is 16.7 Å². The average Bonchev–Trinajstić information content (AvgIpc) is 2.91. The lowest BCUT2D eigenvalue weighted by molar-refractivity contribution is -0.165. The van der Waals surface area contributed by atoms with Crippen molar-refractivity contribution in [2.24, 2.45) is 5.92 Å². The Bertz CT molecular complexity index is 1060. The van der Waals surface area contributed by atoms with Gasteiger partial charge in [-0.05, 0) is 29.5 Å². The van der Waals surface area contributed by atoms with E-state index in [0.29, 0.717) is 11.3 Å². The van der Waals surface area contributed by atoms with Crippen molar-refractivity contribution in [1.29, 1.82) is 0 Å². The lowest BCUT2D eigenvalue weighted by atomic mass is 9.88. The highest BCUT2D eigenvalue weighted by atomic mass is 32.2. The number of hydrogen-bond donors (Lipinski definition) is 1. The van der Waals surface area contributed by atoms with Crippen molar-refractivity contribution >= 4 is 29.5 Å². The molecule has 1 N–H and O–H groups in total. The molecule has 0 spiro atoms. The number of ether oxygens (including phenoxy) is 1. The number of thioether (sulfide) groups is 1. The summed E-state index contributed by atoms with van der Waals surface area (Å²) < 4.78 is 6.05. The van der Waals surface area contributed by atoms with Crippen LogP contribution in [0.4, 0.5) is 0 Å². The van der Waals surface area contributed by atoms with Crippen LogP contribution in [0.25, 0.3) is 0 Å². The first-order valence-electron chi connectivity index (χ1n) is 12.3. The van der Waals surface area contributed by atoms with E-state index < -0.39 is 24.2 Å². The SMILES string of the molecule is C=C1CS[C@H]2C(NC(=O)C3CCCCC3)C(=O)N2C1C(=O)OC(c1ccccc1)c1ccccc1. The second kappa shape index (κ2) is 10.3. The predicted octanol–water partition coefficient (Wildman–Crippen LogP) is 4.22. The number of nitrogens with one attached hydrogen (secondary N) is 1. The van der Waals surface area contributed by atoms with E-state index in [-0.39, 0.29) is 23.1 Å². The molecule has 1 saturated carbocycles. The second-order valence-electron chi connectivity index (χ2n) is 9.47. The van der Waals surface area contributed by atoms with Crippen molar-refractivity contribution in [3.05, 3.63) is 83.9 Å². The van der Waals surface area contributed by atoms with Crippen LogP contribution in [0, 0.1) is 5.92 Å². The van der Waals surface area contributed by atoms with Gasteiger partial charge in [-0.15, -0.1) is 11.8 Å². The average molecular weight is 491 g/mol. The number of carbonyl (C=O) groups is 3. The molecule has 0 aromatic heterocycles. The van der Waals surface area contributed by atoms with Crippen molar-refractivity contribution in [3.63, 3.8) is 0 Å². The minimum absolute atomic E-state index is 0.0209. The quantitative estimate of drug-likeness (QED) is 0.373. The van der Waals surface area contributed by atoms with E-state index >= 15 is 0 Å². The molecule has 2 aromatic carbocycles. The summed E-state index contributed by atoms with van der Waals surface area (Å²) in [5.74, 6) is -0.271. The van der Waals surface area contributed by atoms with Crippen LogP contribution in [-0.2, 0) is 19.1 Å². The zero-order valence-electron chi connectivity index (χ0n) is 19.6. The lowest BCUT2D eigenvalue weighted by Gasteiger charge is -2.53. The number of benzene rings is 2. The Hall–Kier alpha value is -3.06. The number of amides is 2. The normalized spacial score (nSPS) is 24.5. The fraction of sp³-hybridized carbons (Fsp3) is 0.393. The minimum atomic E-state index is -0.855. The first-order chi connectivity index (χ1) is 17.0. The number of nitrogens with zero attached hydrogens (tertiary/aromatic N) is 1. The third-order valence-electron chi connectivity index (χ3n) is 7.12. The highest BCUT2D eigenvalue weighted by Crippen LogP contribution is 2.41. The van der Waals surface area contributed by atoms with Gasteiger partial charge in [0.05, 0.1) is 0 Å². The Morgan fingerprint density at radius 3 is 2.17 bits per heavy atom. The third kappa shape index (κ3) is 4.74. The second-order valence-corrected chi connectivity index (χ2v) is 10.6. The Kier molecular flexibility index (Phi) is 6.95. The predicted molar refractivity (Wildman–Crippen MR) is 135 cm³/mol. The van der Waals surface area contributed by atoms with Crippen LogP contribution in [0.1, 0.15) is 49.3 Å². The van der Waals surface area contributed by atoms with Gasteiger partial charge in [-0.25, -0.2) is 4.79 Å². The topological polar surface area (TPSA) is 75.7 Å². The highest BCUT2D eigenvalue weighted by Gasteiger charge is 2.57. The Balaban J connectivity index is 1.31. The standard InChI is InChI=1S/C28H30N2O4S/c1-18-17-35-27-22(29-25(31)21-15-9-4-10-16-21)26(32)30(27)23(18)28(33)34-24(19-11-5-2-6-12-19)20-13-7-3-8-14-20/h2-3,5-8,11-14,21-24,27H,1,4,9-10,15-17H2,(H,29,31)/t22?,23?,27-/m0/s1. The van der Waals surface area contributed by atoms with Crippen LogP contribution in [0.15, 0.2) is 72.8 Å². The summed E-state index contributed by atoms with van der Waals surface area (Å²) in [7, 11) is 0. The van der Waals surface area contributed by atoms with Gasteiger partial charge in [-0.3, -0.25) is 9.59 Å². The summed E-state index contributed by atoms with van der Waals surface area (Å²) in [6, 6.07) is 17.7. The largest absolute Gasteiger partial charge is 0.451 e. The Morgan fingerprint density at radius 2 is 1.57 bits per heavy atom. The molecule has 7 heteroatoms. The molecule has 1 aliphatic carbocycles. The van der Waals surface area contributed by atoms with Crippen LogP contribution in [0.2, 0.25) is 0 Å². The van der Waals surface area contributed by atoms with Gasteiger partial charge in [-0.2, -0.15) is 0 Å². The molecule has 3 atom stereocenters. The number of fused-ring (bicyclic) bond motifs is 1. The zero-order chi connectivity index (χ0) is 24.4. The Labute approximate surface area is 210 Å². The molecule has 2 amide bonds. The van der Waals surface area contributed by atoms with Gasteiger partial charge in [-0.1, -0.05) is 86.5 Å². The van der Waals surface area contributed by atoms with Gasteiger partial charge in [0.15, 0.2) is 12.1 Å². The van der Waals surface area contributed by atoms with E-state index in [1.807, 2.05) is 60.7 Å². The number of β-lactam (4-membered cyclic amide) rings is 1. The number of esters is 1. The number of rotatable bonds is 6. The van der Waals surface area contributed by atoms with Crippen LogP contribution in [0.5, 0.6) is 0 Å². The molecule has 3 fully saturated rings. The molecule has 2 aromatic rings. The minimum Gasteiger partial charge on any atom is -0.451 e. The van der Waals surface area contributed by atoms with E-state index in [2.05, 4.69) is 11.9 Å². The Morgan fingerprint density at radius 1 is 0.971 bits per heavy atom.